The topological polar surface area (TPSA) is 29.4 Å². The number of nitroso groups, excluding NO2 is 1. The van der Waals surface area contributed by atoms with Crippen LogP contribution in [-0.4, -0.2) is 5.54 Å². The van der Waals surface area contributed by atoms with Crippen molar-refractivity contribution in [2.75, 3.05) is 0 Å². The Morgan fingerprint density at radius 3 is 2.57 bits per heavy atom. The molecule has 0 unspecified atom stereocenters. The van der Waals surface area contributed by atoms with Gasteiger partial charge in [0.1, 0.15) is 5.54 Å². The van der Waals surface area contributed by atoms with Crippen molar-refractivity contribution >= 4 is 0 Å². The molecule has 0 saturated carbocycles. The van der Waals surface area contributed by atoms with Gasteiger partial charge in [-0.3, -0.25) is 0 Å². The molecule has 0 heterocycles. The Balaban J connectivity index is 2.92. The fourth-order valence-corrected chi connectivity index (χ4v) is 1.67. The lowest BCUT2D eigenvalue weighted by molar-refractivity contribution is 0.573. The first-order chi connectivity index (χ1) is 6.47. The second kappa shape index (κ2) is 4.07. The molecule has 0 radical (unpaired) electrons. The Morgan fingerprint density at radius 1 is 1.43 bits per heavy atom. The molecule has 0 fully saturated rings. The SMILES string of the molecule is CC(C)C1=CCCC(C(C)(C)N=O)=C1. The summed E-state index contributed by atoms with van der Waals surface area (Å²) in [5.41, 5.74) is 1.97. The summed E-state index contributed by atoms with van der Waals surface area (Å²) in [6.07, 6.45) is 6.41. The Bertz CT molecular complexity index is 285. The molecule has 1 aliphatic carbocycles. The Labute approximate surface area is 86.1 Å². The van der Waals surface area contributed by atoms with Gasteiger partial charge in [-0.2, -0.15) is 0 Å². The van der Waals surface area contributed by atoms with Crippen LogP contribution in [0.1, 0.15) is 40.5 Å². The highest BCUT2D eigenvalue weighted by Crippen LogP contribution is 2.31. The van der Waals surface area contributed by atoms with E-state index in [1.807, 2.05) is 13.8 Å². The van der Waals surface area contributed by atoms with Gasteiger partial charge < -0.3 is 0 Å². The van der Waals surface area contributed by atoms with E-state index in [1.165, 1.54) is 11.1 Å². The molecular formula is C12H19NO. The van der Waals surface area contributed by atoms with Crippen molar-refractivity contribution in [2.24, 2.45) is 11.1 Å². The Kier molecular flexibility index (Phi) is 3.25. The van der Waals surface area contributed by atoms with Crippen LogP contribution in [-0.2, 0) is 0 Å². The van der Waals surface area contributed by atoms with Crippen molar-refractivity contribution in [3.63, 3.8) is 0 Å². The van der Waals surface area contributed by atoms with Crippen LogP contribution in [0, 0.1) is 10.8 Å². The van der Waals surface area contributed by atoms with E-state index in [4.69, 9.17) is 0 Å². The molecule has 0 saturated heterocycles. The van der Waals surface area contributed by atoms with Crippen LogP contribution in [0.4, 0.5) is 0 Å². The number of rotatable bonds is 3. The molecule has 1 rings (SSSR count). The zero-order valence-corrected chi connectivity index (χ0v) is 9.50. The largest absolute Gasteiger partial charge is 0.150 e. The average molecular weight is 193 g/mol. The molecule has 2 heteroatoms. The van der Waals surface area contributed by atoms with Gasteiger partial charge in [-0.25, -0.2) is 0 Å². The molecule has 0 aromatic carbocycles. The lowest BCUT2D eigenvalue weighted by Gasteiger charge is -2.24. The minimum atomic E-state index is -0.533. The summed E-state index contributed by atoms with van der Waals surface area (Å²) in [4.78, 5) is 10.7. The van der Waals surface area contributed by atoms with Crippen LogP contribution in [0.3, 0.4) is 0 Å². The van der Waals surface area contributed by atoms with Gasteiger partial charge in [0.15, 0.2) is 0 Å². The van der Waals surface area contributed by atoms with Crippen molar-refractivity contribution in [3.8, 4) is 0 Å². The van der Waals surface area contributed by atoms with Crippen molar-refractivity contribution in [3.05, 3.63) is 28.2 Å². The van der Waals surface area contributed by atoms with E-state index < -0.39 is 5.54 Å². The summed E-state index contributed by atoms with van der Waals surface area (Å²) >= 11 is 0. The van der Waals surface area contributed by atoms with E-state index >= 15 is 0 Å². The standard InChI is InChI=1S/C12H19NO/c1-9(2)10-6-5-7-11(8-10)12(3,4)13-14/h6,8-9H,5,7H2,1-4H3. The maximum atomic E-state index is 10.7. The second-order valence-corrected chi connectivity index (χ2v) is 4.72. The van der Waals surface area contributed by atoms with Crippen molar-refractivity contribution in [1.82, 2.24) is 0 Å². The summed E-state index contributed by atoms with van der Waals surface area (Å²) in [6, 6.07) is 0. The third kappa shape index (κ3) is 2.31. The third-order valence-electron chi connectivity index (χ3n) is 2.82. The lowest BCUT2D eigenvalue weighted by atomic mass is 9.84. The number of hydrogen-bond donors (Lipinski definition) is 0. The molecule has 0 aromatic heterocycles. The van der Waals surface area contributed by atoms with Gasteiger partial charge in [-0.05, 0) is 43.8 Å². The minimum absolute atomic E-state index is 0.533. The predicted molar refractivity (Wildman–Crippen MR) is 60.1 cm³/mol. The van der Waals surface area contributed by atoms with E-state index in [2.05, 4.69) is 31.2 Å². The zero-order valence-electron chi connectivity index (χ0n) is 9.50. The van der Waals surface area contributed by atoms with Crippen LogP contribution in [0.15, 0.2) is 28.5 Å². The number of allylic oxidation sites excluding steroid dienone is 3. The van der Waals surface area contributed by atoms with E-state index in [1.54, 1.807) is 0 Å². The molecule has 0 aromatic rings. The van der Waals surface area contributed by atoms with Gasteiger partial charge in [0.2, 0.25) is 0 Å². The molecule has 0 bridgehead atoms. The first-order valence-corrected chi connectivity index (χ1v) is 5.23. The highest BCUT2D eigenvalue weighted by molar-refractivity contribution is 5.34. The summed E-state index contributed by atoms with van der Waals surface area (Å²) < 4.78 is 0. The molecule has 0 amide bonds. The molecule has 0 N–H and O–H groups in total. The molecule has 0 aliphatic heterocycles. The predicted octanol–water partition coefficient (Wildman–Crippen LogP) is 3.83. The van der Waals surface area contributed by atoms with Crippen LogP contribution >= 0.6 is 0 Å². The van der Waals surface area contributed by atoms with Crippen molar-refractivity contribution in [1.29, 1.82) is 0 Å². The second-order valence-electron chi connectivity index (χ2n) is 4.72. The Hall–Kier alpha value is -0.920. The summed E-state index contributed by atoms with van der Waals surface area (Å²) in [6.45, 7) is 8.11. The van der Waals surface area contributed by atoms with Crippen LogP contribution in [0.5, 0.6) is 0 Å². The molecular weight excluding hydrogens is 174 g/mol. The first kappa shape index (κ1) is 11.2. The summed E-state index contributed by atoms with van der Waals surface area (Å²) in [5, 5.41) is 3.19. The van der Waals surface area contributed by atoms with Crippen LogP contribution in [0.25, 0.3) is 0 Å². The first-order valence-electron chi connectivity index (χ1n) is 5.23. The van der Waals surface area contributed by atoms with Crippen LogP contribution in [0.2, 0.25) is 0 Å². The van der Waals surface area contributed by atoms with Crippen molar-refractivity contribution in [2.45, 2.75) is 46.1 Å². The van der Waals surface area contributed by atoms with Gasteiger partial charge in [-0.1, -0.05) is 31.2 Å². The highest BCUT2D eigenvalue weighted by atomic mass is 16.3. The minimum Gasteiger partial charge on any atom is -0.150 e. The summed E-state index contributed by atoms with van der Waals surface area (Å²) in [5.74, 6) is 0.535. The van der Waals surface area contributed by atoms with E-state index in [0.29, 0.717) is 5.92 Å². The molecule has 0 spiro atoms. The molecule has 1 aliphatic rings. The monoisotopic (exact) mass is 193 g/mol. The normalized spacial score (nSPS) is 17.8. The smallest absolute Gasteiger partial charge is 0.118 e. The van der Waals surface area contributed by atoms with E-state index in [-0.39, 0.29) is 0 Å². The van der Waals surface area contributed by atoms with E-state index in [9.17, 15) is 4.91 Å². The van der Waals surface area contributed by atoms with Crippen LogP contribution < -0.4 is 0 Å². The quantitative estimate of drug-likeness (QED) is 0.626. The molecule has 14 heavy (non-hydrogen) atoms. The molecule has 0 atom stereocenters. The fraction of sp³-hybridized carbons (Fsp3) is 0.667. The van der Waals surface area contributed by atoms with Gasteiger partial charge in [0, 0.05) is 0 Å². The summed E-state index contributed by atoms with van der Waals surface area (Å²) in [7, 11) is 0. The fourth-order valence-electron chi connectivity index (χ4n) is 1.67. The Morgan fingerprint density at radius 2 is 2.07 bits per heavy atom. The van der Waals surface area contributed by atoms with Gasteiger partial charge in [0.05, 0.1) is 0 Å². The van der Waals surface area contributed by atoms with Crippen molar-refractivity contribution < 1.29 is 0 Å². The van der Waals surface area contributed by atoms with Gasteiger partial charge in [-0.15, -0.1) is 4.91 Å². The maximum Gasteiger partial charge on any atom is 0.118 e. The van der Waals surface area contributed by atoms with Gasteiger partial charge >= 0.3 is 0 Å². The highest BCUT2D eigenvalue weighted by Gasteiger charge is 2.25. The maximum absolute atomic E-state index is 10.7. The van der Waals surface area contributed by atoms with E-state index in [0.717, 1.165) is 12.8 Å². The zero-order chi connectivity index (χ0) is 10.8. The average Bonchev–Trinajstić information content (AvgIpc) is 2.18. The lowest BCUT2D eigenvalue weighted by Crippen LogP contribution is -2.21. The molecule has 78 valence electrons. The van der Waals surface area contributed by atoms with Gasteiger partial charge in [0.25, 0.3) is 0 Å². The number of nitrogens with zero attached hydrogens (tertiary/aromatic N) is 1. The molecule has 2 nitrogen and oxygen atoms in total. The number of hydrogen-bond acceptors (Lipinski definition) is 2. The third-order valence-corrected chi connectivity index (χ3v) is 2.82.